The second-order valence-corrected chi connectivity index (χ2v) is 16.6. The molecular weight excluding hydrogens is 633 g/mol. The van der Waals surface area contributed by atoms with Gasteiger partial charge in [-0.15, -0.1) is 0 Å². The van der Waals surface area contributed by atoms with Gasteiger partial charge in [0.15, 0.2) is 15.2 Å². The Hall–Kier alpha value is -3.83. The van der Waals surface area contributed by atoms with Crippen molar-refractivity contribution >= 4 is 27.7 Å². The fourth-order valence-corrected chi connectivity index (χ4v) is 6.52. The third-order valence-corrected chi connectivity index (χ3v) is 9.42. The lowest BCUT2D eigenvalue weighted by atomic mass is 9.80. The number of halogens is 1. The predicted octanol–water partition coefficient (Wildman–Crippen LogP) is 8.03. The smallest absolute Gasteiger partial charge is 0.416 e. The summed E-state index contributed by atoms with van der Waals surface area (Å²) in [5, 5.41) is 1.74. The Morgan fingerprint density at radius 1 is 0.875 bits per heavy atom. The number of carbonyl (C=O) groups excluding carboxylic acids is 2. The van der Waals surface area contributed by atoms with E-state index in [0.29, 0.717) is 0 Å². The summed E-state index contributed by atoms with van der Waals surface area (Å²) >= 11 is 0. The molecule has 0 saturated heterocycles. The van der Waals surface area contributed by atoms with E-state index in [-0.39, 0.29) is 28.4 Å². The molecule has 3 rings (SSSR count). The molecule has 1 heterocycles. The van der Waals surface area contributed by atoms with Crippen LogP contribution in [-0.4, -0.2) is 43.2 Å². The first kappa shape index (κ1) is 38.6. The summed E-state index contributed by atoms with van der Waals surface area (Å²) < 4.78 is 53.0. The zero-order valence-corrected chi connectivity index (χ0v) is 30.4. The van der Waals surface area contributed by atoms with E-state index < -0.39 is 50.8 Å². The van der Waals surface area contributed by atoms with Gasteiger partial charge in [-0.25, -0.2) is 22.6 Å². The number of nitrogens with one attached hydrogen (secondary N) is 1. The summed E-state index contributed by atoms with van der Waals surface area (Å²) in [5.41, 5.74) is 0.398. The van der Waals surface area contributed by atoms with Gasteiger partial charge in [0.05, 0.1) is 10.6 Å². The molecule has 3 aromatic rings. The van der Waals surface area contributed by atoms with E-state index in [4.69, 9.17) is 9.47 Å². The molecule has 0 aliphatic heterocycles. The van der Waals surface area contributed by atoms with Gasteiger partial charge in [-0.05, 0) is 101 Å². The van der Waals surface area contributed by atoms with Gasteiger partial charge in [-0.3, -0.25) is 15.0 Å². The number of ether oxygens (including phenoxy) is 2. The van der Waals surface area contributed by atoms with Crippen molar-refractivity contribution in [1.82, 2.24) is 10.3 Å². The van der Waals surface area contributed by atoms with Crippen LogP contribution in [0.5, 0.6) is 0 Å². The van der Waals surface area contributed by atoms with Gasteiger partial charge in [0, 0.05) is 6.54 Å². The molecule has 0 bridgehead atoms. The van der Waals surface area contributed by atoms with Crippen LogP contribution in [0.1, 0.15) is 104 Å². The second-order valence-electron chi connectivity index (χ2n) is 14.5. The third-order valence-electron chi connectivity index (χ3n) is 7.46. The number of benzene rings is 2. The van der Waals surface area contributed by atoms with Gasteiger partial charge < -0.3 is 9.47 Å². The lowest BCUT2D eigenvalue weighted by molar-refractivity contribution is -0.153. The summed E-state index contributed by atoms with van der Waals surface area (Å²) in [6, 6.07) is 17.2. The molecule has 262 valence electrons. The fraction of sp³-hybridized carbons (Fsp3) is 0.486. The summed E-state index contributed by atoms with van der Waals surface area (Å²) in [4.78, 5) is 31.7. The highest BCUT2D eigenvalue weighted by atomic mass is 32.2. The SMILES string of the molecule is CCCCC(C)(C)c1ccc(CNC(c2cccc(N(CC(=O)OC(C)(C)C)C(=O)OC(C)(C)C)n2)S(=O)(=O)c2ccc(F)cc2)cc1. The van der Waals surface area contributed by atoms with Crippen LogP contribution >= 0.6 is 0 Å². The number of unbranched alkanes of at least 4 members (excludes halogenated alkanes) is 1. The molecule has 48 heavy (non-hydrogen) atoms. The van der Waals surface area contributed by atoms with Gasteiger partial charge in [0.25, 0.3) is 0 Å². The number of aromatic nitrogens is 1. The quantitative estimate of drug-likeness (QED) is 0.142. The van der Waals surface area contributed by atoms with Crippen molar-refractivity contribution in [3.8, 4) is 0 Å². The highest BCUT2D eigenvalue weighted by Gasteiger charge is 2.33. The van der Waals surface area contributed by atoms with Crippen LogP contribution < -0.4 is 10.2 Å². The Labute approximate surface area is 285 Å². The van der Waals surface area contributed by atoms with E-state index in [2.05, 4.69) is 43.2 Å². The number of carbonyl (C=O) groups is 2. The Balaban J connectivity index is 2.03. The lowest BCUT2D eigenvalue weighted by Crippen LogP contribution is -2.42. The normalized spacial score (nSPS) is 13.1. The number of nitrogens with zero attached hydrogens (tertiary/aromatic N) is 2. The van der Waals surface area contributed by atoms with Gasteiger partial charge in [-0.1, -0.05) is 63.9 Å². The number of rotatable bonds is 13. The van der Waals surface area contributed by atoms with E-state index >= 15 is 0 Å². The Kier molecular flexibility index (Phi) is 12.5. The number of esters is 1. The standard InChI is InChI=1S/C37H50FN3O6S/c1-10-11-23-37(8,9)27-17-15-26(16-18-27)24-39-33(48(44,45)29-21-19-28(38)20-22-29)30-13-12-14-31(40-30)41(34(43)47-36(5,6)7)25-32(42)46-35(2,3)4/h12-22,33,39H,10-11,23-25H2,1-9H3. The van der Waals surface area contributed by atoms with Crippen LogP contribution in [0.25, 0.3) is 0 Å². The number of anilines is 1. The van der Waals surface area contributed by atoms with Crippen LogP contribution in [0, 0.1) is 5.82 Å². The largest absolute Gasteiger partial charge is 0.459 e. The minimum Gasteiger partial charge on any atom is -0.459 e. The minimum atomic E-state index is -4.19. The first-order valence-corrected chi connectivity index (χ1v) is 17.8. The van der Waals surface area contributed by atoms with Crippen LogP contribution in [-0.2, 0) is 36.1 Å². The maximum absolute atomic E-state index is 14.1. The van der Waals surface area contributed by atoms with Gasteiger partial charge in [0.2, 0.25) is 0 Å². The number of hydrogen-bond acceptors (Lipinski definition) is 8. The van der Waals surface area contributed by atoms with E-state index in [1.165, 1.54) is 29.8 Å². The molecule has 2 aromatic carbocycles. The van der Waals surface area contributed by atoms with Crippen molar-refractivity contribution in [3.63, 3.8) is 0 Å². The maximum atomic E-state index is 14.1. The molecule has 0 aliphatic carbocycles. The maximum Gasteiger partial charge on any atom is 0.416 e. The van der Waals surface area contributed by atoms with E-state index in [1.54, 1.807) is 47.6 Å². The van der Waals surface area contributed by atoms with Crippen LogP contribution in [0.2, 0.25) is 0 Å². The average molecular weight is 684 g/mol. The van der Waals surface area contributed by atoms with E-state index in [9.17, 15) is 22.4 Å². The number of hydrogen-bond donors (Lipinski definition) is 1. The van der Waals surface area contributed by atoms with E-state index in [0.717, 1.165) is 41.9 Å². The van der Waals surface area contributed by atoms with Gasteiger partial charge >= 0.3 is 12.1 Å². The first-order valence-electron chi connectivity index (χ1n) is 16.2. The van der Waals surface area contributed by atoms with Crippen LogP contribution in [0.4, 0.5) is 15.0 Å². The van der Waals surface area contributed by atoms with Crippen molar-refractivity contribution in [2.24, 2.45) is 0 Å². The summed E-state index contributed by atoms with van der Waals surface area (Å²) in [6.45, 7) is 16.4. The molecule has 0 fully saturated rings. The highest BCUT2D eigenvalue weighted by Crippen LogP contribution is 2.31. The number of amides is 1. The summed E-state index contributed by atoms with van der Waals surface area (Å²) in [6.07, 6.45) is 2.43. The van der Waals surface area contributed by atoms with Crippen molar-refractivity contribution in [1.29, 1.82) is 0 Å². The molecule has 0 spiro atoms. The van der Waals surface area contributed by atoms with Crippen molar-refractivity contribution in [3.05, 3.63) is 89.4 Å². The average Bonchev–Trinajstić information content (AvgIpc) is 2.98. The Morgan fingerprint density at radius 2 is 1.48 bits per heavy atom. The number of pyridine rings is 1. The zero-order valence-electron chi connectivity index (χ0n) is 29.6. The molecule has 1 amide bonds. The van der Waals surface area contributed by atoms with Crippen molar-refractivity contribution in [2.75, 3.05) is 11.4 Å². The van der Waals surface area contributed by atoms with E-state index in [1.807, 2.05) is 12.1 Å². The molecule has 1 unspecified atom stereocenters. The van der Waals surface area contributed by atoms with Crippen LogP contribution in [0.3, 0.4) is 0 Å². The topological polar surface area (TPSA) is 115 Å². The highest BCUT2D eigenvalue weighted by molar-refractivity contribution is 7.91. The molecule has 1 N–H and O–H groups in total. The third kappa shape index (κ3) is 11.1. The van der Waals surface area contributed by atoms with Gasteiger partial charge in [0.1, 0.15) is 29.4 Å². The summed E-state index contributed by atoms with van der Waals surface area (Å²) in [5.74, 6) is -1.28. The molecule has 1 atom stereocenters. The molecule has 0 saturated carbocycles. The van der Waals surface area contributed by atoms with Crippen molar-refractivity contribution < 1.29 is 31.9 Å². The predicted molar refractivity (Wildman–Crippen MR) is 186 cm³/mol. The number of sulfone groups is 1. The van der Waals surface area contributed by atoms with Crippen LogP contribution in [0.15, 0.2) is 71.6 Å². The second kappa shape index (κ2) is 15.6. The Bertz CT molecular complexity index is 1640. The molecular formula is C37H50FN3O6S. The molecule has 9 nitrogen and oxygen atoms in total. The van der Waals surface area contributed by atoms with Gasteiger partial charge in [-0.2, -0.15) is 0 Å². The monoisotopic (exact) mass is 683 g/mol. The molecule has 1 aromatic heterocycles. The lowest BCUT2D eigenvalue weighted by Gasteiger charge is -2.28. The Morgan fingerprint density at radius 3 is 2.04 bits per heavy atom. The first-order chi connectivity index (χ1) is 22.2. The minimum absolute atomic E-state index is 0.000102. The van der Waals surface area contributed by atoms with Crippen molar-refractivity contribution in [2.45, 2.75) is 115 Å². The molecule has 11 heteroatoms. The molecule has 0 aliphatic rings. The fourth-order valence-electron chi connectivity index (χ4n) is 4.98. The zero-order chi connectivity index (χ0) is 35.9. The summed E-state index contributed by atoms with van der Waals surface area (Å²) in [7, 11) is -4.19. The molecule has 0 radical (unpaired) electrons.